The molecule has 2 aromatic carbocycles. The topological polar surface area (TPSA) is 195 Å². The predicted octanol–water partition coefficient (Wildman–Crippen LogP) is 2.73. The summed E-state index contributed by atoms with van der Waals surface area (Å²) in [5.74, 6) is 1.12. The Labute approximate surface area is 294 Å². The van der Waals surface area contributed by atoms with Crippen molar-refractivity contribution in [3.63, 3.8) is 0 Å². The number of allylic oxidation sites excluding steroid dienone is 1. The van der Waals surface area contributed by atoms with E-state index >= 15 is 0 Å². The van der Waals surface area contributed by atoms with Crippen molar-refractivity contribution in [3.8, 4) is 11.5 Å². The van der Waals surface area contributed by atoms with E-state index in [1.165, 1.54) is 30.3 Å². The Hall–Kier alpha value is -4.08. The molecule has 3 aromatic rings. The first kappa shape index (κ1) is 35.3. The molecule has 6 N–H and O–H groups in total. The molecule has 51 heavy (non-hydrogen) atoms. The summed E-state index contributed by atoms with van der Waals surface area (Å²) in [7, 11) is 0. The molecule has 0 bridgehead atoms. The molecule has 13 heteroatoms. The standard InChI is InChI=1S/C38H44N2O11/c1-21-13-29(43)27-14-24-15-31(51-48-20-38(47,36(46)33(45)30(44)19-41)16-22-7-9-26(42)10-8-22)37(2,25-5-3-4-6-25)50-34(24)32(35(27)49-21)40-17-23-11-12-39-28(23)18-40/h7-14,18,25,30-31,33,36,41-42,44-47H,3-6,15-17,19-20H2,1-2H3. The van der Waals surface area contributed by atoms with Crippen LogP contribution >= 0.6 is 0 Å². The third-order valence-corrected chi connectivity index (χ3v) is 10.8. The van der Waals surface area contributed by atoms with Crippen molar-refractivity contribution in [1.82, 2.24) is 0 Å². The zero-order valence-electron chi connectivity index (χ0n) is 28.6. The van der Waals surface area contributed by atoms with Gasteiger partial charge in [-0.05, 0) is 56.5 Å². The third kappa shape index (κ3) is 6.59. The molecule has 0 amide bonds. The van der Waals surface area contributed by atoms with Crippen LogP contribution in [0, 0.1) is 12.8 Å². The average Bonchev–Trinajstić information content (AvgIpc) is 3.88. The third-order valence-electron chi connectivity index (χ3n) is 10.8. The summed E-state index contributed by atoms with van der Waals surface area (Å²) in [4.78, 5) is 31.8. The molecule has 7 rings (SSSR count). The van der Waals surface area contributed by atoms with Gasteiger partial charge < -0.3 is 44.7 Å². The molecule has 1 fully saturated rings. The number of aliphatic hydroxyl groups is 5. The van der Waals surface area contributed by atoms with Gasteiger partial charge in [-0.1, -0.05) is 25.0 Å². The molecule has 272 valence electrons. The normalized spacial score (nSPS) is 24.5. The van der Waals surface area contributed by atoms with Crippen LogP contribution in [0.4, 0.5) is 5.69 Å². The van der Waals surface area contributed by atoms with Gasteiger partial charge in [0.2, 0.25) is 0 Å². The van der Waals surface area contributed by atoms with Gasteiger partial charge >= 0.3 is 0 Å². The summed E-state index contributed by atoms with van der Waals surface area (Å²) in [6, 6.07) is 9.13. The SMILES string of the molecule is Cc1cc(=O)c2cc3c(c(N4C=C5N=CC=C5C4)c2o1)OC(C)(C1CCCC1)C(OOCC(O)(Cc1ccc(O)cc1)C(O)C(O)C(O)CO)C3. The van der Waals surface area contributed by atoms with Gasteiger partial charge in [0.1, 0.15) is 59.4 Å². The van der Waals surface area contributed by atoms with Crippen LogP contribution in [0.25, 0.3) is 11.0 Å². The fourth-order valence-corrected chi connectivity index (χ4v) is 7.83. The van der Waals surface area contributed by atoms with Crippen LogP contribution < -0.4 is 15.1 Å². The van der Waals surface area contributed by atoms with Crippen molar-refractivity contribution in [2.45, 2.75) is 88.0 Å². The fraction of sp³-hybridized carbons (Fsp3) is 0.474. The zero-order valence-corrected chi connectivity index (χ0v) is 28.6. The van der Waals surface area contributed by atoms with Gasteiger partial charge in [0.15, 0.2) is 16.8 Å². The molecule has 4 heterocycles. The average molecular weight is 705 g/mol. The maximum absolute atomic E-state index is 13.4. The van der Waals surface area contributed by atoms with Gasteiger partial charge in [-0.3, -0.25) is 9.79 Å². The Balaban J connectivity index is 1.23. The Morgan fingerprint density at radius 1 is 1.14 bits per heavy atom. The van der Waals surface area contributed by atoms with E-state index in [0.29, 0.717) is 45.8 Å². The van der Waals surface area contributed by atoms with E-state index in [9.17, 15) is 35.4 Å². The quantitative estimate of drug-likeness (QED) is 0.119. The monoisotopic (exact) mass is 704 g/mol. The van der Waals surface area contributed by atoms with Crippen LogP contribution in [-0.2, 0) is 22.6 Å². The Bertz CT molecular complexity index is 1930. The number of aromatic hydroxyl groups is 1. The van der Waals surface area contributed by atoms with Crippen molar-refractivity contribution in [1.29, 1.82) is 0 Å². The second-order valence-electron chi connectivity index (χ2n) is 14.4. The minimum Gasteiger partial charge on any atom is -0.508 e. The Morgan fingerprint density at radius 3 is 2.59 bits per heavy atom. The number of anilines is 1. The van der Waals surface area contributed by atoms with E-state index in [0.717, 1.165) is 37.0 Å². The van der Waals surface area contributed by atoms with Gasteiger partial charge in [0.05, 0.1) is 24.2 Å². The second kappa shape index (κ2) is 13.8. The zero-order chi connectivity index (χ0) is 36.1. The first-order valence-corrected chi connectivity index (χ1v) is 17.3. The molecule has 6 unspecified atom stereocenters. The highest BCUT2D eigenvalue weighted by molar-refractivity contribution is 5.96. The number of hydrogen-bond donors (Lipinski definition) is 6. The minimum absolute atomic E-state index is 0.000558. The summed E-state index contributed by atoms with van der Waals surface area (Å²) in [6.45, 7) is 2.74. The lowest BCUT2D eigenvalue weighted by atomic mass is 9.78. The maximum Gasteiger partial charge on any atom is 0.193 e. The highest BCUT2D eigenvalue weighted by atomic mass is 17.2. The van der Waals surface area contributed by atoms with Gasteiger partial charge in [0.25, 0.3) is 0 Å². The maximum atomic E-state index is 13.4. The molecular formula is C38H44N2O11. The lowest BCUT2D eigenvalue weighted by Gasteiger charge is -2.46. The molecule has 6 atom stereocenters. The van der Waals surface area contributed by atoms with E-state index < -0.39 is 48.8 Å². The summed E-state index contributed by atoms with van der Waals surface area (Å²) in [5.41, 5.74) is 0.776. The minimum atomic E-state index is -2.21. The highest BCUT2D eigenvalue weighted by Crippen LogP contribution is 2.51. The summed E-state index contributed by atoms with van der Waals surface area (Å²) >= 11 is 0. The van der Waals surface area contributed by atoms with Crippen LogP contribution in [0.5, 0.6) is 11.5 Å². The predicted molar refractivity (Wildman–Crippen MR) is 187 cm³/mol. The number of hydrogen-bond acceptors (Lipinski definition) is 13. The smallest absolute Gasteiger partial charge is 0.193 e. The van der Waals surface area contributed by atoms with E-state index in [4.69, 9.17) is 18.9 Å². The number of phenolic OH excluding ortho intramolecular Hbond substituents is 1. The summed E-state index contributed by atoms with van der Waals surface area (Å²) in [5, 5.41) is 63.1. The largest absolute Gasteiger partial charge is 0.508 e. The van der Waals surface area contributed by atoms with Crippen LogP contribution in [0.15, 0.2) is 74.1 Å². The summed E-state index contributed by atoms with van der Waals surface area (Å²) in [6.07, 6.45) is 3.09. The van der Waals surface area contributed by atoms with Crippen molar-refractivity contribution in [3.05, 3.63) is 87.1 Å². The number of aliphatic imine (C=N–C) groups is 1. The van der Waals surface area contributed by atoms with Gasteiger partial charge in [-0.2, -0.15) is 0 Å². The van der Waals surface area contributed by atoms with Crippen molar-refractivity contribution in [2.24, 2.45) is 10.9 Å². The Morgan fingerprint density at radius 2 is 1.88 bits per heavy atom. The molecular weight excluding hydrogens is 660 g/mol. The molecule has 13 nitrogen and oxygen atoms in total. The highest BCUT2D eigenvalue weighted by Gasteiger charge is 2.51. The number of aliphatic hydroxyl groups excluding tert-OH is 4. The van der Waals surface area contributed by atoms with Crippen LogP contribution in [-0.4, -0.2) is 92.2 Å². The number of nitrogens with zero attached hydrogens (tertiary/aromatic N) is 2. The molecule has 0 spiro atoms. The Kier molecular flexibility index (Phi) is 9.56. The van der Waals surface area contributed by atoms with Crippen LogP contribution in [0.3, 0.4) is 0 Å². The summed E-state index contributed by atoms with van der Waals surface area (Å²) < 4.78 is 13.3. The number of ether oxygens (including phenoxy) is 1. The second-order valence-corrected chi connectivity index (χ2v) is 14.4. The molecule has 1 saturated carbocycles. The number of fused-ring (bicyclic) bond motifs is 3. The number of benzene rings is 2. The first-order chi connectivity index (χ1) is 24.4. The van der Waals surface area contributed by atoms with Crippen molar-refractivity contribution >= 4 is 22.9 Å². The lowest BCUT2D eigenvalue weighted by molar-refractivity contribution is -0.374. The molecule has 1 aliphatic carbocycles. The molecule has 3 aliphatic heterocycles. The van der Waals surface area contributed by atoms with E-state index in [1.54, 1.807) is 19.2 Å². The van der Waals surface area contributed by atoms with E-state index in [1.807, 2.05) is 24.1 Å². The van der Waals surface area contributed by atoms with Crippen molar-refractivity contribution in [2.75, 3.05) is 24.7 Å². The van der Waals surface area contributed by atoms with Gasteiger partial charge in [0, 0.05) is 48.4 Å². The number of rotatable bonds is 12. The number of aryl methyl sites for hydroxylation is 1. The van der Waals surface area contributed by atoms with E-state index in [2.05, 4.69) is 4.99 Å². The van der Waals surface area contributed by atoms with Gasteiger partial charge in [-0.25, -0.2) is 9.78 Å². The fourth-order valence-electron chi connectivity index (χ4n) is 7.83. The van der Waals surface area contributed by atoms with Crippen LogP contribution in [0.1, 0.15) is 49.5 Å². The molecule has 0 radical (unpaired) electrons. The molecule has 4 aliphatic rings. The van der Waals surface area contributed by atoms with Crippen LogP contribution in [0.2, 0.25) is 0 Å². The number of phenols is 1. The lowest BCUT2D eigenvalue weighted by Crippen LogP contribution is -2.58. The molecule has 0 saturated heterocycles. The van der Waals surface area contributed by atoms with E-state index in [-0.39, 0.29) is 29.9 Å². The first-order valence-electron chi connectivity index (χ1n) is 17.3. The van der Waals surface area contributed by atoms with Gasteiger partial charge in [-0.15, -0.1) is 0 Å². The van der Waals surface area contributed by atoms with Crippen molar-refractivity contribution < 1.29 is 49.6 Å². The molecule has 1 aromatic heterocycles.